The van der Waals surface area contributed by atoms with Crippen molar-refractivity contribution in [2.45, 2.75) is 18.6 Å². The minimum absolute atomic E-state index is 0.357. The molecule has 0 unspecified atom stereocenters. The van der Waals surface area contributed by atoms with Crippen LogP contribution in [-0.4, -0.2) is 50.1 Å². The first-order chi connectivity index (χ1) is 9.77. The van der Waals surface area contributed by atoms with Crippen molar-refractivity contribution in [3.8, 4) is 5.75 Å². The minimum Gasteiger partial charge on any atom is -0.490 e. The first-order valence-corrected chi connectivity index (χ1v) is 7.25. The SMILES string of the molecule is Nc1ccccc1OCCN1CCCC2(C1)OCCO2. The molecule has 3 rings (SSSR count). The maximum Gasteiger partial charge on any atom is 0.181 e. The van der Waals surface area contributed by atoms with Gasteiger partial charge in [0, 0.05) is 13.0 Å². The average molecular weight is 278 g/mol. The van der Waals surface area contributed by atoms with Gasteiger partial charge >= 0.3 is 0 Å². The van der Waals surface area contributed by atoms with E-state index in [0.29, 0.717) is 25.5 Å². The van der Waals surface area contributed by atoms with Crippen LogP contribution in [0.1, 0.15) is 12.8 Å². The topological polar surface area (TPSA) is 57.0 Å². The maximum atomic E-state index is 5.86. The van der Waals surface area contributed by atoms with Gasteiger partial charge in [-0.15, -0.1) is 0 Å². The van der Waals surface area contributed by atoms with E-state index < -0.39 is 0 Å². The predicted molar refractivity (Wildman–Crippen MR) is 76.7 cm³/mol. The van der Waals surface area contributed by atoms with Crippen LogP contribution in [0.3, 0.4) is 0 Å². The van der Waals surface area contributed by atoms with E-state index in [2.05, 4.69) is 4.90 Å². The summed E-state index contributed by atoms with van der Waals surface area (Å²) in [4.78, 5) is 2.34. The standard InChI is InChI=1S/C15H22N2O3/c16-13-4-1-2-5-14(13)18-9-8-17-7-3-6-15(12-17)19-10-11-20-15/h1-2,4-5H,3,6-12,16H2. The lowest BCUT2D eigenvalue weighted by atomic mass is 10.0. The van der Waals surface area contributed by atoms with Crippen LogP contribution in [0.25, 0.3) is 0 Å². The normalized spacial score (nSPS) is 22.2. The molecule has 2 fully saturated rings. The molecular weight excluding hydrogens is 256 g/mol. The number of likely N-dealkylation sites (tertiary alicyclic amines) is 1. The second-order valence-electron chi connectivity index (χ2n) is 5.37. The van der Waals surface area contributed by atoms with E-state index in [0.717, 1.165) is 38.2 Å². The molecule has 20 heavy (non-hydrogen) atoms. The average Bonchev–Trinajstić information content (AvgIpc) is 2.89. The molecule has 2 N–H and O–H groups in total. The number of anilines is 1. The van der Waals surface area contributed by atoms with Crippen LogP contribution < -0.4 is 10.5 Å². The highest BCUT2D eigenvalue weighted by Crippen LogP contribution is 2.29. The lowest BCUT2D eigenvalue weighted by Gasteiger charge is -2.38. The van der Waals surface area contributed by atoms with Crippen LogP contribution >= 0.6 is 0 Å². The number of nitrogen functional groups attached to an aromatic ring is 1. The molecule has 0 aliphatic carbocycles. The van der Waals surface area contributed by atoms with Gasteiger partial charge in [-0.1, -0.05) is 12.1 Å². The maximum absolute atomic E-state index is 5.86. The van der Waals surface area contributed by atoms with E-state index in [1.807, 2.05) is 24.3 Å². The third kappa shape index (κ3) is 3.06. The number of rotatable bonds is 4. The Labute approximate surface area is 119 Å². The second-order valence-corrected chi connectivity index (χ2v) is 5.37. The Kier molecular flexibility index (Phi) is 4.10. The first-order valence-electron chi connectivity index (χ1n) is 7.25. The number of benzene rings is 1. The van der Waals surface area contributed by atoms with Crippen molar-refractivity contribution >= 4 is 5.69 Å². The molecular formula is C15H22N2O3. The summed E-state index contributed by atoms with van der Waals surface area (Å²) < 4.78 is 17.3. The summed E-state index contributed by atoms with van der Waals surface area (Å²) in [5, 5.41) is 0. The summed E-state index contributed by atoms with van der Waals surface area (Å²) in [7, 11) is 0. The molecule has 110 valence electrons. The van der Waals surface area contributed by atoms with Crippen molar-refractivity contribution in [1.82, 2.24) is 4.90 Å². The van der Waals surface area contributed by atoms with E-state index in [4.69, 9.17) is 19.9 Å². The van der Waals surface area contributed by atoms with E-state index in [1.165, 1.54) is 0 Å². The van der Waals surface area contributed by atoms with Crippen LogP contribution in [0.4, 0.5) is 5.69 Å². The van der Waals surface area contributed by atoms with Crippen molar-refractivity contribution in [2.24, 2.45) is 0 Å². The molecule has 1 spiro atoms. The molecule has 0 aromatic heterocycles. The monoisotopic (exact) mass is 278 g/mol. The molecule has 0 atom stereocenters. The molecule has 2 heterocycles. The zero-order valence-corrected chi connectivity index (χ0v) is 11.7. The number of piperidine rings is 1. The van der Waals surface area contributed by atoms with Gasteiger partial charge < -0.3 is 19.9 Å². The van der Waals surface area contributed by atoms with Crippen LogP contribution in [0, 0.1) is 0 Å². The first kappa shape index (κ1) is 13.7. The fourth-order valence-corrected chi connectivity index (χ4v) is 2.89. The fourth-order valence-electron chi connectivity index (χ4n) is 2.89. The lowest BCUT2D eigenvalue weighted by Crippen LogP contribution is -2.49. The van der Waals surface area contributed by atoms with E-state index >= 15 is 0 Å². The molecule has 0 amide bonds. The summed E-state index contributed by atoms with van der Waals surface area (Å²) in [6, 6.07) is 7.59. The second kappa shape index (κ2) is 5.99. The summed E-state index contributed by atoms with van der Waals surface area (Å²) in [5.74, 6) is 0.400. The Balaban J connectivity index is 1.48. The smallest absolute Gasteiger partial charge is 0.181 e. The van der Waals surface area contributed by atoms with Gasteiger partial charge in [-0.2, -0.15) is 0 Å². The third-order valence-corrected chi connectivity index (χ3v) is 3.89. The molecule has 2 aliphatic heterocycles. The number of hydrogen-bond acceptors (Lipinski definition) is 5. The number of nitrogens with zero attached hydrogens (tertiary/aromatic N) is 1. The number of hydrogen-bond donors (Lipinski definition) is 1. The van der Waals surface area contributed by atoms with Crippen LogP contribution in [0.5, 0.6) is 5.75 Å². The molecule has 1 aromatic carbocycles. The molecule has 0 bridgehead atoms. The van der Waals surface area contributed by atoms with Gasteiger partial charge in [0.2, 0.25) is 0 Å². The number of para-hydroxylation sites is 2. The summed E-state index contributed by atoms with van der Waals surface area (Å²) in [6.45, 7) is 4.83. The Morgan fingerprint density at radius 1 is 1.25 bits per heavy atom. The Hall–Kier alpha value is -1.30. The van der Waals surface area contributed by atoms with Gasteiger partial charge in [0.15, 0.2) is 5.79 Å². The molecule has 5 heteroatoms. The molecule has 1 aromatic rings. The van der Waals surface area contributed by atoms with Crippen LogP contribution in [0.15, 0.2) is 24.3 Å². The number of ether oxygens (including phenoxy) is 3. The van der Waals surface area contributed by atoms with Gasteiger partial charge in [-0.05, 0) is 25.1 Å². The van der Waals surface area contributed by atoms with Crippen LogP contribution in [-0.2, 0) is 9.47 Å². The van der Waals surface area contributed by atoms with Crippen molar-refractivity contribution in [3.63, 3.8) is 0 Å². The van der Waals surface area contributed by atoms with Crippen molar-refractivity contribution < 1.29 is 14.2 Å². The Morgan fingerprint density at radius 2 is 2.05 bits per heavy atom. The van der Waals surface area contributed by atoms with Crippen molar-refractivity contribution in [3.05, 3.63) is 24.3 Å². The minimum atomic E-state index is -0.357. The van der Waals surface area contributed by atoms with Gasteiger partial charge in [0.25, 0.3) is 0 Å². The quantitative estimate of drug-likeness (QED) is 0.846. The van der Waals surface area contributed by atoms with E-state index in [9.17, 15) is 0 Å². The van der Waals surface area contributed by atoms with Crippen LogP contribution in [0.2, 0.25) is 0 Å². The summed E-state index contributed by atoms with van der Waals surface area (Å²) >= 11 is 0. The van der Waals surface area contributed by atoms with E-state index in [1.54, 1.807) is 0 Å². The fraction of sp³-hybridized carbons (Fsp3) is 0.600. The Morgan fingerprint density at radius 3 is 2.85 bits per heavy atom. The van der Waals surface area contributed by atoms with Gasteiger partial charge in [0.1, 0.15) is 12.4 Å². The molecule has 2 aliphatic rings. The highest BCUT2D eigenvalue weighted by Gasteiger charge is 2.40. The number of nitrogens with two attached hydrogens (primary N) is 1. The summed E-state index contributed by atoms with van der Waals surface area (Å²) in [5.41, 5.74) is 6.54. The largest absolute Gasteiger partial charge is 0.490 e. The zero-order chi connectivity index (χ0) is 13.8. The predicted octanol–water partition coefficient (Wildman–Crippen LogP) is 1.49. The molecule has 5 nitrogen and oxygen atoms in total. The molecule has 2 saturated heterocycles. The third-order valence-electron chi connectivity index (χ3n) is 3.89. The van der Waals surface area contributed by atoms with Gasteiger partial charge in [0.05, 0.1) is 25.4 Å². The highest BCUT2D eigenvalue weighted by molar-refractivity contribution is 5.51. The molecule has 0 saturated carbocycles. The molecule has 0 radical (unpaired) electrons. The van der Waals surface area contributed by atoms with Crippen molar-refractivity contribution in [1.29, 1.82) is 0 Å². The van der Waals surface area contributed by atoms with E-state index in [-0.39, 0.29) is 5.79 Å². The van der Waals surface area contributed by atoms with Gasteiger partial charge in [-0.25, -0.2) is 0 Å². The lowest BCUT2D eigenvalue weighted by molar-refractivity contribution is -0.189. The zero-order valence-electron chi connectivity index (χ0n) is 11.7. The summed E-state index contributed by atoms with van der Waals surface area (Å²) in [6.07, 6.45) is 2.10. The Bertz CT molecular complexity index is 446. The van der Waals surface area contributed by atoms with Crippen molar-refractivity contribution in [2.75, 3.05) is 45.2 Å². The van der Waals surface area contributed by atoms with Gasteiger partial charge in [-0.3, -0.25) is 4.90 Å². The highest BCUT2D eigenvalue weighted by atomic mass is 16.7.